The molecule has 1 heterocycles. The summed E-state index contributed by atoms with van der Waals surface area (Å²) in [7, 11) is 0. The second-order valence-corrected chi connectivity index (χ2v) is 5.23. The van der Waals surface area contributed by atoms with Crippen LogP contribution in [-0.2, 0) is 9.53 Å². The van der Waals surface area contributed by atoms with Crippen LogP contribution in [0.4, 0.5) is 0 Å². The summed E-state index contributed by atoms with van der Waals surface area (Å²) in [5.41, 5.74) is 0.164. The van der Waals surface area contributed by atoms with Gasteiger partial charge >= 0.3 is 5.97 Å². The van der Waals surface area contributed by atoms with E-state index in [4.69, 9.17) is 4.74 Å². The summed E-state index contributed by atoms with van der Waals surface area (Å²) in [6, 6.07) is 1.40. The van der Waals surface area contributed by atoms with Crippen LogP contribution in [-0.4, -0.2) is 34.8 Å². The lowest BCUT2D eigenvalue weighted by Gasteiger charge is -2.20. The van der Waals surface area contributed by atoms with Crippen LogP contribution in [0.15, 0.2) is 12.3 Å². The topological polar surface area (TPSA) is 88.3 Å². The molecule has 0 aliphatic heterocycles. The van der Waals surface area contributed by atoms with E-state index >= 15 is 0 Å². The predicted molar refractivity (Wildman–Crippen MR) is 69.0 cm³/mol. The molecule has 1 rings (SSSR count). The summed E-state index contributed by atoms with van der Waals surface area (Å²) in [4.78, 5) is 36.8. The zero-order valence-electron chi connectivity index (χ0n) is 11.5. The van der Waals surface area contributed by atoms with Crippen molar-refractivity contribution in [3.05, 3.63) is 23.5 Å². The van der Waals surface area contributed by atoms with Gasteiger partial charge in [0.1, 0.15) is 5.69 Å². The smallest absolute Gasteiger partial charge is 0.355 e. The van der Waals surface area contributed by atoms with Crippen molar-refractivity contribution >= 4 is 17.7 Å². The van der Waals surface area contributed by atoms with Gasteiger partial charge in [0.25, 0.3) is 5.91 Å². The third kappa shape index (κ3) is 4.95. The van der Waals surface area contributed by atoms with Crippen molar-refractivity contribution in [3.8, 4) is 0 Å². The number of Topliss-reactive ketones (excluding diaryl/α,β-unsaturated/α-hetero) is 1. The fourth-order valence-corrected chi connectivity index (χ4v) is 1.38. The maximum absolute atomic E-state index is 11.6. The summed E-state index contributed by atoms with van der Waals surface area (Å²) in [6.45, 7) is 6.53. The largest absolute Gasteiger partial charge is 0.451 e. The van der Waals surface area contributed by atoms with Crippen LogP contribution in [0.1, 0.15) is 48.5 Å². The van der Waals surface area contributed by atoms with Crippen LogP contribution in [0.3, 0.4) is 0 Å². The van der Waals surface area contributed by atoms with Gasteiger partial charge in [0.15, 0.2) is 12.4 Å². The average Bonchev–Trinajstić information content (AvgIpc) is 2.72. The highest BCUT2D eigenvalue weighted by Gasteiger charge is 2.17. The number of carbonyl (C=O) groups excluding carboxylic acids is 3. The molecule has 19 heavy (non-hydrogen) atoms. The maximum Gasteiger partial charge on any atom is 0.355 e. The first kappa shape index (κ1) is 14.9. The Kier molecular flexibility index (Phi) is 4.47. The maximum atomic E-state index is 11.6. The van der Waals surface area contributed by atoms with Crippen LogP contribution in [0.5, 0.6) is 0 Å². The summed E-state index contributed by atoms with van der Waals surface area (Å²) >= 11 is 0. The molecule has 0 unspecified atom stereocenters. The highest BCUT2D eigenvalue weighted by atomic mass is 16.5. The number of hydrogen-bond donors (Lipinski definition) is 2. The van der Waals surface area contributed by atoms with Crippen LogP contribution in [0.25, 0.3) is 0 Å². The number of ketones is 1. The minimum absolute atomic E-state index is 0.147. The molecular formula is C13H18N2O4. The molecule has 6 nitrogen and oxygen atoms in total. The molecule has 0 fully saturated rings. The third-order valence-electron chi connectivity index (χ3n) is 2.16. The van der Waals surface area contributed by atoms with Crippen LogP contribution >= 0.6 is 0 Å². The molecule has 0 radical (unpaired) electrons. The first-order valence-corrected chi connectivity index (χ1v) is 5.86. The van der Waals surface area contributed by atoms with Gasteiger partial charge in [0, 0.05) is 17.3 Å². The summed E-state index contributed by atoms with van der Waals surface area (Å²) in [5, 5.41) is 2.67. The van der Waals surface area contributed by atoms with Crippen molar-refractivity contribution in [2.45, 2.75) is 33.2 Å². The number of H-pyrrole nitrogens is 1. The van der Waals surface area contributed by atoms with E-state index in [1.165, 1.54) is 19.2 Å². The van der Waals surface area contributed by atoms with E-state index in [0.29, 0.717) is 5.56 Å². The summed E-state index contributed by atoms with van der Waals surface area (Å²) < 4.78 is 4.84. The molecule has 1 aromatic rings. The highest BCUT2D eigenvalue weighted by Crippen LogP contribution is 2.06. The number of rotatable bonds is 4. The van der Waals surface area contributed by atoms with Gasteiger partial charge in [-0.25, -0.2) is 4.79 Å². The molecule has 104 valence electrons. The van der Waals surface area contributed by atoms with E-state index in [2.05, 4.69) is 10.3 Å². The molecule has 1 aromatic heterocycles. The summed E-state index contributed by atoms with van der Waals surface area (Å²) in [6.07, 6.45) is 1.42. The molecule has 2 N–H and O–H groups in total. The second-order valence-electron chi connectivity index (χ2n) is 5.23. The van der Waals surface area contributed by atoms with E-state index in [-0.39, 0.29) is 29.5 Å². The Hall–Kier alpha value is -2.11. The normalized spacial score (nSPS) is 10.9. The summed E-state index contributed by atoms with van der Waals surface area (Å²) in [5.74, 6) is -1.20. The van der Waals surface area contributed by atoms with Crippen molar-refractivity contribution in [1.29, 1.82) is 0 Å². The van der Waals surface area contributed by atoms with E-state index in [0.717, 1.165) is 0 Å². The number of aromatic nitrogens is 1. The van der Waals surface area contributed by atoms with Crippen LogP contribution in [0, 0.1) is 0 Å². The molecule has 6 heteroatoms. The zero-order chi connectivity index (χ0) is 14.6. The Bertz CT molecular complexity index is 497. The Labute approximate surface area is 111 Å². The lowest BCUT2D eigenvalue weighted by molar-refractivity contribution is -0.125. The van der Waals surface area contributed by atoms with Gasteiger partial charge in [-0.1, -0.05) is 0 Å². The molecule has 0 saturated heterocycles. The molecule has 1 amide bonds. The van der Waals surface area contributed by atoms with Gasteiger partial charge in [0.05, 0.1) is 0 Å². The molecule has 0 bridgehead atoms. The lowest BCUT2D eigenvalue weighted by atomic mass is 10.1. The molecule has 0 aliphatic carbocycles. The highest BCUT2D eigenvalue weighted by molar-refractivity contribution is 5.97. The molecule has 0 saturated carbocycles. The van der Waals surface area contributed by atoms with E-state index < -0.39 is 5.97 Å². The molecular weight excluding hydrogens is 248 g/mol. The SMILES string of the molecule is CC(=O)c1c[nH]c(C(=O)OCC(=O)NC(C)(C)C)c1. The molecule has 0 aromatic carbocycles. The quantitative estimate of drug-likeness (QED) is 0.635. The Morgan fingerprint density at radius 1 is 1.32 bits per heavy atom. The van der Waals surface area contributed by atoms with Gasteiger partial charge in [-0.15, -0.1) is 0 Å². The zero-order valence-corrected chi connectivity index (χ0v) is 11.5. The Morgan fingerprint density at radius 2 is 1.95 bits per heavy atom. The average molecular weight is 266 g/mol. The van der Waals surface area contributed by atoms with Gasteiger partial charge in [-0.3, -0.25) is 9.59 Å². The van der Waals surface area contributed by atoms with Crippen molar-refractivity contribution in [2.24, 2.45) is 0 Å². The number of hydrogen-bond acceptors (Lipinski definition) is 4. The standard InChI is InChI=1S/C13H18N2O4/c1-8(16)9-5-10(14-6-9)12(18)19-7-11(17)15-13(2,3)4/h5-6,14H,7H2,1-4H3,(H,15,17). The van der Waals surface area contributed by atoms with Gasteiger partial charge in [-0.2, -0.15) is 0 Å². The van der Waals surface area contributed by atoms with E-state index in [1.54, 1.807) is 0 Å². The van der Waals surface area contributed by atoms with Gasteiger partial charge in [-0.05, 0) is 33.8 Å². The fraction of sp³-hybridized carbons (Fsp3) is 0.462. The van der Waals surface area contributed by atoms with E-state index in [1.807, 2.05) is 20.8 Å². The lowest BCUT2D eigenvalue weighted by Crippen LogP contribution is -2.42. The minimum atomic E-state index is -0.670. The van der Waals surface area contributed by atoms with Crippen molar-refractivity contribution in [1.82, 2.24) is 10.3 Å². The number of amides is 1. The minimum Gasteiger partial charge on any atom is -0.451 e. The van der Waals surface area contributed by atoms with E-state index in [9.17, 15) is 14.4 Å². The molecule has 0 spiro atoms. The van der Waals surface area contributed by atoms with Gasteiger partial charge < -0.3 is 15.0 Å². The molecule has 0 aliphatic rings. The molecule has 0 atom stereocenters. The first-order chi connectivity index (χ1) is 8.69. The fourth-order valence-electron chi connectivity index (χ4n) is 1.38. The van der Waals surface area contributed by atoms with Gasteiger partial charge in [0.2, 0.25) is 0 Å². The number of ether oxygens (including phenoxy) is 1. The Morgan fingerprint density at radius 3 is 2.42 bits per heavy atom. The Balaban J connectivity index is 2.51. The van der Waals surface area contributed by atoms with Crippen molar-refractivity contribution in [3.63, 3.8) is 0 Å². The van der Waals surface area contributed by atoms with Crippen LogP contribution < -0.4 is 5.32 Å². The first-order valence-electron chi connectivity index (χ1n) is 5.86. The number of esters is 1. The third-order valence-corrected chi connectivity index (χ3v) is 2.16. The van der Waals surface area contributed by atoms with Crippen molar-refractivity contribution in [2.75, 3.05) is 6.61 Å². The number of nitrogens with one attached hydrogen (secondary N) is 2. The predicted octanol–water partition coefficient (Wildman–Crippen LogP) is 1.29. The van der Waals surface area contributed by atoms with Crippen LogP contribution in [0.2, 0.25) is 0 Å². The second kappa shape index (κ2) is 5.69. The number of carbonyl (C=O) groups is 3. The van der Waals surface area contributed by atoms with Crippen molar-refractivity contribution < 1.29 is 19.1 Å². The monoisotopic (exact) mass is 266 g/mol. The number of aromatic amines is 1.